The minimum Gasteiger partial charge on any atom is -0.438 e. The Labute approximate surface area is 139 Å². The zero-order valence-corrected chi connectivity index (χ0v) is 14.3. The van der Waals surface area contributed by atoms with Crippen molar-refractivity contribution in [2.45, 2.75) is 38.9 Å². The van der Waals surface area contributed by atoms with Crippen molar-refractivity contribution >= 4 is 46.3 Å². The molecule has 3 aromatic rings. The van der Waals surface area contributed by atoms with Gasteiger partial charge < -0.3 is 13.7 Å². The van der Waals surface area contributed by atoms with Crippen LogP contribution in [-0.4, -0.2) is 23.3 Å². The molecular formula is C17H17BClNO3. The molecule has 0 radical (unpaired) electrons. The van der Waals surface area contributed by atoms with E-state index >= 15 is 0 Å². The Morgan fingerprint density at radius 2 is 1.74 bits per heavy atom. The van der Waals surface area contributed by atoms with E-state index in [1.54, 1.807) is 6.20 Å². The summed E-state index contributed by atoms with van der Waals surface area (Å²) < 4.78 is 18.2. The molecule has 1 aliphatic heterocycles. The Morgan fingerprint density at radius 1 is 1.04 bits per heavy atom. The van der Waals surface area contributed by atoms with Gasteiger partial charge in [0, 0.05) is 27.5 Å². The zero-order chi connectivity index (χ0) is 16.4. The first-order valence-electron chi connectivity index (χ1n) is 7.61. The molecule has 0 atom stereocenters. The van der Waals surface area contributed by atoms with Gasteiger partial charge in [-0.3, -0.25) is 0 Å². The number of benzene rings is 1. The maximum absolute atomic E-state index is 6.50. The third-order valence-electron chi connectivity index (χ3n) is 4.89. The monoisotopic (exact) mass is 329 g/mol. The fraction of sp³-hybridized carbons (Fsp3) is 0.353. The molecule has 1 fully saturated rings. The number of furan rings is 1. The Bertz CT molecular complexity index is 903. The van der Waals surface area contributed by atoms with Gasteiger partial charge in [0.2, 0.25) is 5.71 Å². The Kier molecular flexibility index (Phi) is 3.08. The number of halogens is 1. The number of pyridine rings is 1. The van der Waals surface area contributed by atoms with E-state index in [4.69, 9.17) is 25.3 Å². The van der Waals surface area contributed by atoms with Crippen LogP contribution in [0.2, 0.25) is 5.02 Å². The van der Waals surface area contributed by atoms with Crippen molar-refractivity contribution < 1.29 is 13.7 Å². The summed E-state index contributed by atoms with van der Waals surface area (Å²) in [4.78, 5) is 4.28. The predicted molar refractivity (Wildman–Crippen MR) is 92.2 cm³/mol. The highest BCUT2D eigenvalue weighted by Gasteiger charge is 2.52. The molecule has 0 bridgehead atoms. The average Bonchev–Trinajstić information content (AvgIpc) is 2.94. The maximum Gasteiger partial charge on any atom is 0.497 e. The molecule has 1 aromatic carbocycles. The molecule has 0 unspecified atom stereocenters. The molecule has 0 amide bonds. The highest BCUT2D eigenvalue weighted by atomic mass is 35.5. The summed E-state index contributed by atoms with van der Waals surface area (Å²) in [6.45, 7) is 8.10. The topological polar surface area (TPSA) is 44.5 Å². The summed E-state index contributed by atoms with van der Waals surface area (Å²) in [6, 6.07) is 7.52. The number of aromatic nitrogens is 1. The van der Waals surface area contributed by atoms with Gasteiger partial charge in [-0.05, 0) is 52.0 Å². The largest absolute Gasteiger partial charge is 0.497 e. The van der Waals surface area contributed by atoms with Crippen LogP contribution < -0.4 is 5.46 Å². The number of rotatable bonds is 1. The molecule has 0 spiro atoms. The molecular weight excluding hydrogens is 312 g/mol. The van der Waals surface area contributed by atoms with Crippen LogP contribution in [0.5, 0.6) is 0 Å². The van der Waals surface area contributed by atoms with E-state index in [0.717, 1.165) is 21.8 Å². The van der Waals surface area contributed by atoms with Gasteiger partial charge in [0.25, 0.3) is 0 Å². The van der Waals surface area contributed by atoms with Crippen LogP contribution in [0, 0.1) is 0 Å². The van der Waals surface area contributed by atoms with Crippen LogP contribution in [0.3, 0.4) is 0 Å². The lowest BCUT2D eigenvalue weighted by atomic mass is 9.76. The summed E-state index contributed by atoms with van der Waals surface area (Å²) in [5, 5.41) is 2.41. The fourth-order valence-corrected chi connectivity index (χ4v) is 3.14. The van der Waals surface area contributed by atoms with E-state index in [1.165, 1.54) is 0 Å². The fourth-order valence-electron chi connectivity index (χ4n) is 2.89. The van der Waals surface area contributed by atoms with Crippen molar-refractivity contribution in [2.75, 3.05) is 0 Å². The van der Waals surface area contributed by atoms with Crippen molar-refractivity contribution in [1.29, 1.82) is 0 Å². The number of hydrogen-bond donors (Lipinski definition) is 0. The van der Waals surface area contributed by atoms with Crippen LogP contribution in [0.25, 0.3) is 22.1 Å². The number of hydrogen-bond acceptors (Lipinski definition) is 4. The van der Waals surface area contributed by atoms with Crippen molar-refractivity contribution in [2.24, 2.45) is 0 Å². The Morgan fingerprint density at radius 3 is 2.43 bits per heavy atom. The quantitative estimate of drug-likeness (QED) is 0.634. The summed E-state index contributed by atoms with van der Waals surface area (Å²) in [5.41, 5.74) is 1.26. The van der Waals surface area contributed by atoms with Crippen molar-refractivity contribution in [3.05, 3.63) is 35.5 Å². The Balaban J connectivity index is 1.99. The zero-order valence-electron chi connectivity index (χ0n) is 13.5. The van der Waals surface area contributed by atoms with Crippen LogP contribution in [0.4, 0.5) is 0 Å². The van der Waals surface area contributed by atoms with Crippen LogP contribution in [0.1, 0.15) is 27.7 Å². The normalized spacial score (nSPS) is 19.8. The maximum atomic E-state index is 6.50. The second kappa shape index (κ2) is 4.73. The second-order valence-corrected chi connectivity index (χ2v) is 7.29. The number of fused-ring (bicyclic) bond motifs is 3. The summed E-state index contributed by atoms with van der Waals surface area (Å²) in [5.74, 6) is 0. The van der Waals surface area contributed by atoms with E-state index < -0.39 is 18.3 Å². The molecule has 4 rings (SSSR count). The summed E-state index contributed by atoms with van der Waals surface area (Å²) in [6.07, 6.45) is 1.71. The van der Waals surface area contributed by atoms with Crippen molar-refractivity contribution in [1.82, 2.24) is 4.98 Å². The van der Waals surface area contributed by atoms with Gasteiger partial charge in [0.05, 0.1) is 11.2 Å². The lowest BCUT2D eigenvalue weighted by molar-refractivity contribution is 0.00578. The Hall–Kier alpha value is -1.56. The van der Waals surface area contributed by atoms with Gasteiger partial charge >= 0.3 is 7.12 Å². The molecule has 0 N–H and O–H groups in total. The lowest BCUT2D eigenvalue weighted by Crippen LogP contribution is -2.41. The highest BCUT2D eigenvalue weighted by Crippen LogP contribution is 2.38. The van der Waals surface area contributed by atoms with E-state index in [-0.39, 0.29) is 0 Å². The van der Waals surface area contributed by atoms with Crippen LogP contribution in [-0.2, 0) is 9.31 Å². The highest BCUT2D eigenvalue weighted by molar-refractivity contribution is 6.69. The predicted octanol–water partition coefficient (Wildman–Crippen LogP) is 3.93. The second-order valence-electron chi connectivity index (χ2n) is 6.88. The summed E-state index contributed by atoms with van der Waals surface area (Å²) >= 11 is 6.50. The van der Waals surface area contributed by atoms with E-state index in [1.807, 2.05) is 52.0 Å². The third kappa shape index (κ3) is 2.11. The van der Waals surface area contributed by atoms with Gasteiger partial charge in [-0.15, -0.1) is 0 Å². The van der Waals surface area contributed by atoms with Gasteiger partial charge in [-0.1, -0.05) is 11.6 Å². The molecule has 2 aromatic heterocycles. The minimum absolute atomic E-state index is 0.430. The molecule has 3 heterocycles. The van der Waals surface area contributed by atoms with E-state index in [0.29, 0.717) is 10.7 Å². The van der Waals surface area contributed by atoms with Crippen LogP contribution in [0.15, 0.2) is 34.9 Å². The first-order chi connectivity index (χ1) is 10.8. The molecule has 23 heavy (non-hydrogen) atoms. The smallest absolute Gasteiger partial charge is 0.438 e. The molecule has 0 aliphatic carbocycles. The SMILES string of the molecule is CC1(C)OB(c2c(Cl)ccc3oc4ncccc4c23)OC1(C)C. The van der Waals surface area contributed by atoms with Gasteiger partial charge in [-0.25, -0.2) is 4.98 Å². The summed E-state index contributed by atoms with van der Waals surface area (Å²) in [7, 11) is -0.544. The van der Waals surface area contributed by atoms with Gasteiger partial charge in [-0.2, -0.15) is 0 Å². The first-order valence-corrected chi connectivity index (χ1v) is 7.99. The van der Waals surface area contributed by atoms with Crippen molar-refractivity contribution in [3.63, 3.8) is 0 Å². The standard InChI is InChI=1S/C17H17BClNO3/c1-16(2)17(3,4)23-18(22-16)14-11(19)7-8-12-13(14)10-6-5-9-20-15(10)21-12/h5-9H,1-4H3. The minimum atomic E-state index is -0.544. The average molecular weight is 330 g/mol. The van der Waals surface area contributed by atoms with Crippen molar-refractivity contribution in [3.8, 4) is 0 Å². The van der Waals surface area contributed by atoms with Crippen LogP contribution >= 0.6 is 11.6 Å². The van der Waals surface area contributed by atoms with Gasteiger partial charge in [0.15, 0.2) is 0 Å². The molecule has 4 nitrogen and oxygen atoms in total. The molecule has 0 saturated carbocycles. The van der Waals surface area contributed by atoms with E-state index in [9.17, 15) is 0 Å². The molecule has 1 aliphatic rings. The molecule has 1 saturated heterocycles. The molecule has 6 heteroatoms. The van der Waals surface area contributed by atoms with Gasteiger partial charge in [0.1, 0.15) is 5.58 Å². The lowest BCUT2D eigenvalue weighted by Gasteiger charge is -2.32. The van der Waals surface area contributed by atoms with E-state index in [2.05, 4.69) is 4.98 Å². The third-order valence-corrected chi connectivity index (χ3v) is 5.22. The first kappa shape index (κ1) is 15.0. The molecule has 118 valence electrons. The number of nitrogens with zero attached hydrogens (tertiary/aromatic N) is 1.